The Morgan fingerprint density at radius 3 is 2.62 bits per heavy atom. The largest absolute Gasteiger partial charge is 0.491 e. The van der Waals surface area contributed by atoms with Crippen LogP contribution in [0.15, 0.2) is 41.4 Å². The van der Waals surface area contributed by atoms with Crippen molar-refractivity contribution in [2.45, 2.75) is 26.8 Å². The van der Waals surface area contributed by atoms with Crippen LogP contribution in [-0.4, -0.2) is 32.3 Å². The van der Waals surface area contributed by atoms with E-state index in [1.54, 1.807) is 6.07 Å². The normalized spacial score (nSPS) is 13.1. The van der Waals surface area contributed by atoms with Crippen LogP contribution in [0.2, 0.25) is 0 Å². The summed E-state index contributed by atoms with van der Waals surface area (Å²) < 4.78 is 30.6. The third-order valence-electron chi connectivity index (χ3n) is 4.07. The maximum Gasteiger partial charge on any atom is 0.196 e. The van der Waals surface area contributed by atoms with Crippen molar-refractivity contribution < 1.29 is 18.6 Å². The Kier molecular flexibility index (Phi) is 9.30. The van der Waals surface area contributed by atoms with Gasteiger partial charge in [0.1, 0.15) is 0 Å². The van der Waals surface area contributed by atoms with E-state index in [0.29, 0.717) is 44.6 Å². The van der Waals surface area contributed by atoms with Gasteiger partial charge in [-0.1, -0.05) is 6.07 Å². The number of guanidine groups is 1. The summed E-state index contributed by atoms with van der Waals surface area (Å²) in [5, 5.41) is 6.44. The summed E-state index contributed by atoms with van der Waals surface area (Å²) in [6.45, 7) is 6.57. The molecule has 0 saturated carbocycles. The van der Waals surface area contributed by atoms with Crippen molar-refractivity contribution in [2.24, 2.45) is 4.99 Å². The molecule has 0 saturated heterocycles. The summed E-state index contributed by atoms with van der Waals surface area (Å²) in [5.41, 5.74) is 1.60. The molecule has 0 atom stereocenters. The zero-order valence-electron chi connectivity index (χ0n) is 16.7. The van der Waals surface area contributed by atoms with Crippen LogP contribution in [0.4, 0.5) is 10.1 Å². The van der Waals surface area contributed by atoms with E-state index < -0.39 is 0 Å². The van der Waals surface area contributed by atoms with Crippen LogP contribution < -0.4 is 24.8 Å². The van der Waals surface area contributed by atoms with E-state index in [4.69, 9.17) is 14.2 Å². The first-order valence-electron chi connectivity index (χ1n) is 9.55. The molecule has 0 aliphatic carbocycles. The van der Waals surface area contributed by atoms with E-state index in [1.165, 1.54) is 6.07 Å². The molecule has 0 fully saturated rings. The van der Waals surface area contributed by atoms with Gasteiger partial charge in [-0.3, -0.25) is 0 Å². The molecule has 8 heteroatoms. The van der Waals surface area contributed by atoms with E-state index in [0.717, 1.165) is 23.4 Å². The lowest BCUT2D eigenvalue weighted by molar-refractivity contribution is 0.297. The number of ether oxygens (including phenoxy) is 3. The molecule has 0 amide bonds. The summed E-state index contributed by atoms with van der Waals surface area (Å²) in [6.07, 6.45) is 0.861. The Balaban J connectivity index is 0.00000300. The lowest BCUT2D eigenvalue weighted by atomic mass is 10.2. The Hall–Kier alpha value is -2.23. The van der Waals surface area contributed by atoms with Crippen molar-refractivity contribution in [3.05, 3.63) is 47.8 Å². The summed E-state index contributed by atoms with van der Waals surface area (Å²) in [4.78, 5) is 4.54. The number of hydrogen-bond donors (Lipinski definition) is 2. The molecule has 6 nitrogen and oxygen atoms in total. The Bertz CT molecular complexity index is 833. The van der Waals surface area contributed by atoms with Crippen molar-refractivity contribution in [3.63, 3.8) is 0 Å². The van der Waals surface area contributed by atoms with Crippen LogP contribution >= 0.6 is 24.0 Å². The molecular formula is C21H27FIN3O3. The monoisotopic (exact) mass is 515 g/mol. The second-order valence-electron chi connectivity index (χ2n) is 6.23. The van der Waals surface area contributed by atoms with Gasteiger partial charge < -0.3 is 24.8 Å². The molecule has 0 aromatic heterocycles. The number of benzene rings is 2. The van der Waals surface area contributed by atoms with Crippen LogP contribution in [0.3, 0.4) is 0 Å². The van der Waals surface area contributed by atoms with Gasteiger partial charge >= 0.3 is 0 Å². The highest BCUT2D eigenvalue weighted by molar-refractivity contribution is 14.0. The summed E-state index contributed by atoms with van der Waals surface area (Å²) in [5.74, 6) is 1.94. The second-order valence-corrected chi connectivity index (χ2v) is 6.23. The smallest absolute Gasteiger partial charge is 0.196 e. The molecule has 0 radical (unpaired) electrons. The molecule has 0 spiro atoms. The van der Waals surface area contributed by atoms with E-state index >= 15 is 0 Å². The number of fused-ring (bicyclic) bond motifs is 1. The van der Waals surface area contributed by atoms with Crippen molar-refractivity contribution in [1.82, 2.24) is 5.32 Å². The topological polar surface area (TPSA) is 64.1 Å². The first-order valence-corrected chi connectivity index (χ1v) is 9.55. The summed E-state index contributed by atoms with van der Waals surface area (Å²) in [6, 6.07) is 10.6. The Labute approximate surface area is 187 Å². The molecule has 2 N–H and O–H groups in total. The molecule has 1 aliphatic heterocycles. The van der Waals surface area contributed by atoms with Crippen LogP contribution in [0, 0.1) is 5.82 Å². The summed E-state index contributed by atoms with van der Waals surface area (Å²) in [7, 11) is 0. The van der Waals surface area contributed by atoms with Crippen LogP contribution in [0.25, 0.3) is 0 Å². The molecule has 3 rings (SSSR count). The fraction of sp³-hybridized carbons (Fsp3) is 0.381. The van der Waals surface area contributed by atoms with E-state index in [1.807, 2.05) is 38.1 Å². The SMILES string of the molecule is CCNC(=NCc1ccc(OCC)c(F)c1)Nc1ccc2c(c1)OCCCO2.I. The first-order chi connectivity index (χ1) is 13.7. The molecule has 1 heterocycles. The quantitative estimate of drug-likeness (QED) is 0.335. The number of anilines is 1. The maximum absolute atomic E-state index is 14.0. The van der Waals surface area contributed by atoms with Crippen LogP contribution in [0.5, 0.6) is 17.2 Å². The van der Waals surface area contributed by atoms with Gasteiger partial charge in [0, 0.05) is 24.7 Å². The molecule has 0 unspecified atom stereocenters. The third-order valence-corrected chi connectivity index (χ3v) is 4.07. The van der Waals surface area contributed by atoms with Gasteiger partial charge in [0.2, 0.25) is 0 Å². The van der Waals surface area contributed by atoms with Gasteiger partial charge in [-0.2, -0.15) is 0 Å². The van der Waals surface area contributed by atoms with Gasteiger partial charge in [-0.25, -0.2) is 9.38 Å². The molecule has 29 heavy (non-hydrogen) atoms. The van der Waals surface area contributed by atoms with Crippen LogP contribution in [0.1, 0.15) is 25.8 Å². The number of nitrogens with one attached hydrogen (secondary N) is 2. The van der Waals surface area contributed by atoms with Gasteiger partial charge in [-0.05, 0) is 43.7 Å². The lowest BCUT2D eigenvalue weighted by Crippen LogP contribution is -2.30. The van der Waals surface area contributed by atoms with Gasteiger partial charge in [0.25, 0.3) is 0 Å². The minimum Gasteiger partial charge on any atom is -0.491 e. The van der Waals surface area contributed by atoms with Crippen molar-refractivity contribution in [1.29, 1.82) is 0 Å². The molecule has 0 bridgehead atoms. The molecular weight excluding hydrogens is 488 g/mol. The Morgan fingerprint density at radius 2 is 1.90 bits per heavy atom. The van der Waals surface area contributed by atoms with Crippen molar-refractivity contribution in [2.75, 3.05) is 31.7 Å². The lowest BCUT2D eigenvalue weighted by Gasteiger charge is -2.14. The number of rotatable bonds is 6. The average Bonchev–Trinajstić information content (AvgIpc) is 2.93. The summed E-state index contributed by atoms with van der Waals surface area (Å²) >= 11 is 0. The number of hydrogen-bond acceptors (Lipinski definition) is 4. The van der Waals surface area contributed by atoms with Gasteiger partial charge in [0.05, 0.1) is 26.4 Å². The second kappa shape index (κ2) is 11.7. The predicted octanol–water partition coefficient (Wildman–Crippen LogP) is 4.58. The number of nitrogens with zero attached hydrogens (tertiary/aromatic N) is 1. The van der Waals surface area contributed by atoms with E-state index in [9.17, 15) is 4.39 Å². The highest BCUT2D eigenvalue weighted by atomic mass is 127. The average molecular weight is 515 g/mol. The molecule has 158 valence electrons. The fourth-order valence-electron chi connectivity index (χ4n) is 2.77. The van der Waals surface area contributed by atoms with Gasteiger partial charge in [-0.15, -0.1) is 24.0 Å². The predicted molar refractivity (Wildman–Crippen MR) is 123 cm³/mol. The van der Waals surface area contributed by atoms with E-state index in [-0.39, 0.29) is 35.5 Å². The molecule has 2 aromatic rings. The first kappa shape index (κ1) is 23.1. The highest BCUT2D eigenvalue weighted by Crippen LogP contribution is 2.32. The zero-order chi connectivity index (χ0) is 19.8. The highest BCUT2D eigenvalue weighted by Gasteiger charge is 2.11. The van der Waals surface area contributed by atoms with Crippen LogP contribution in [-0.2, 0) is 6.54 Å². The van der Waals surface area contributed by atoms with Crippen molar-refractivity contribution >= 4 is 35.6 Å². The zero-order valence-corrected chi connectivity index (χ0v) is 19.0. The standard InChI is InChI=1S/C21H26FN3O3.HI/c1-3-23-21(24-14-15-6-8-18(26-4-2)17(22)12-15)25-16-7-9-19-20(13-16)28-11-5-10-27-19;/h6-9,12-13H,3-5,10-11,14H2,1-2H3,(H2,23,24,25);1H. The Morgan fingerprint density at radius 1 is 1.10 bits per heavy atom. The molecule has 2 aromatic carbocycles. The molecule has 1 aliphatic rings. The van der Waals surface area contributed by atoms with Gasteiger partial charge in [0.15, 0.2) is 29.0 Å². The maximum atomic E-state index is 14.0. The fourth-order valence-corrected chi connectivity index (χ4v) is 2.77. The van der Waals surface area contributed by atoms with E-state index in [2.05, 4.69) is 15.6 Å². The number of halogens is 2. The minimum atomic E-state index is -0.379. The number of aliphatic imine (C=N–C) groups is 1. The third kappa shape index (κ3) is 6.66. The minimum absolute atomic E-state index is 0. The van der Waals surface area contributed by atoms with Crippen molar-refractivity contribution in [3.8, 4) is 17.2 Å².